The topological polar surface area (TPSA) is 109 Å². The summed E-state index contributed by atoms with van der Waals surface area (Å²) in [5, 5.41) is 19.8. The molecule has 9 heteroatoms. The first-order chi connectivity index (χ1) is 11.6. The summed E-state index contributed by atoms with van der Waals surface area (Å²) >= 11 is 1.39. The normalized spacial score (nSPS) is 10.8. The molecule has 0 aliphatic carbocycles. The van der Waals surface area contributed by atoms with E-state index in [4.69, 9.17) is 10.6 Å². The number of nitro groups is 1. The van der Waals surface area contributed by atoms with Crippen LogP contribution in [0.5, 0.6) is 5.75 Å². The molecule has 2 aromatic rings. The van der Waals surface area contributed by atoms with E-state index in [0.29, 0.717) is 35.5 Å². The van der Waals surface area contributed by atoms with Crippen molar-refractivity contribution in [2.24, 2.45) is 0 Å². The zero-order valence-electron chi connectivity index (χ0n) is 13.8. The summed E-state index contributed by atoms with van der Waals surface area (Å²) in [6.07, 6.45) is 2.53. The Bertz CT molecular complexity index is 704. The van der Waals surface area contributed by atoms with E-state index in [-0.39, 0.29) is 5.69 Å². The molecule has 0 spiro atoms. The number of ether oxygens (including phenoxy) is 1. The number of aromatic nitrogens is 3. The van der Waals surface area contributed by atoms with Crippen LogP contribution in [-0.2, 0) is 12.2 Å². The molecule has 0 amide bonds. The second-order valence-corrected chi connectivity index (χ2v) is 6.11. The lowest BCUT2D eigenvalue weighted by Gasteiger charge is -2.08. The van der Waals surface area contributed by atoms with Crippen LogP contribution < -0.4 is 10.6 Å². The number of rotatable bonds is 9. The van der Waals surface area contributed by atoms with Crippen molar-refractivity contribution in [2.45, 2.75) is 44.0 Å². The maximum absolute atomic E-state index is 11.2. The molecular formula is C15H21N5O3S. The second-order valence-electron chi connectivity index (χ2n) is 5.17. The second kappa shape index (κ2) is 8.53. The average Bonchev–Trinajstić information content (AvgIpc) is 2.93. The maximum atomic E-state index is 11.2. The fourth-order valence-electron chi connectivity index (χ4n) is 2.04. The first-order valence-electron chi connectivity index (χ1n) is 7.79. The number of nitro benzene ring substituents is 1. The number of nitrogens with two attached hydrogens (primary N) is 1. The fraction of sp³-hybridized carbons (Fsp3) is 0.467. The average molecular weight is 351 g/mol. The summed E-state index contributed by atoms with van der Waals surface area (Å²) in [4.78, 5) is 10.8. The van der Waals surface area contributed by atoms with Crippen molar-refractivity contribution in [2.75, 3.05) is 12.4 Å². The number of unbranched alkanes of at least 4 members (excludes halogenated alkanes) is 1. The van der Waals surface area contributed by atoms with Gasteiger partial charge in [0.05, 0.1) is 11.5 Å². The van der Waals surface area contributed by atoms with Crippen molar-refractivity contribution in [1.29, 1.82) is 0 Å². The van der Waals surface area contributed by atoms with Gasteiger partial charge in [0.1, 0.15) is 0 Å². The Balaban J connectivity index is 2.08. The molecule has 1 heterocycles. The van der Waals surface area contributed by atoms with Gasteiger partial charge >= 0.3 is 5.69 Å². The van der Waals surface area contributed by atoms with Gasteiger partial charge in [0.2, 0.25) is 5.16 Å². The summed E-state index contributed by atoms with van der Waals surface area (Å²) in [5.41, 5.74) is 0.781. The summed E-state index contributed by atoms with van der Waals surface area (Å²) in [5.74, 6) is 7.40. The van der Waals surface area contributed by atoms with E-state index in [1.165, 1.54) is 22.5 Å². The van der Waals surface area contributed by atoms with Gasteiger partial charge in [0.15, 0.2) is 11.6 Å². The van der Waals surface area contributed by atoms with Gasteiger partial charge in [0.25, 0.3) is 0 Å². The third-order valence-corrected chi connectivity index (χ3v) is 4.41. The van der Waals surface area contributed by atoms with Crippen molar-refractivity contribution >= 4 is 17.4 Å². The van der Waals surface area contributed by atoms with Gasteiger partial charge in [-0.05, 0) is 18.1 Å². The van der Waals surface area contributed by atoms with Gasteiger partial charge in [-0.2, -0.15) is 0 Å². The third-order valence-electron chi connectivity index (χ3n) is 3.39. The predicted octanol–water partition coefficient (Wildman–Crippen LogP) is 2.93. The predicted molar refractivity (Wildman–Crippen MR) is 92.6 cm³/mol. The number of hydrogen-bond acceptors (Lipinski definition) is 7. The van der Waals surface area contributed by atoms with E-state index in [2.05, 4.69) is 10.2 Å². The minimum atomic E-state index is -0.421. The molecule has 1 aromatic carbocycles. The van der Waals surface area contributed by atoms with Crippen LogP contribution in [0.4, 0.5) is 5.69 Å². The van der Waals surface area contributed by atoms with E-state index in [0.717, 1.165) is 18.4 Å². The highest BCUT2D eigenvalue weighted by molar-refractivity contribution is 7.98. The SMILES string of the molecule is CCCCOc1ccc(CSc2nnc(CC)n2N)cc1[N+](=O)[O-]. The lowest BCUT2D eigenvalue weighted by Crippen LogP contribution is -2.13. The van der Waals surface area contributed by atoms with Gasteiger partial charge in [-0.1, -0.05) is 38.1 Å². The van der Waals surface area contributed by atoms with Crippen LogP contribution >= 0.6 is 11.8 Å². The van der Waals surface area contributed by atoms with Crippen molar-refractivity contribution < 1.29 is 9.66 Å². The molecule has 2 rings (SSSR count). The molecule has 1 aromatic heterocycles. The number of nitrogens with zero attached hydrogens (tertiary/aromatic N) is 4. The quantitative estimate of drug-likeness (QED) is 0.243. The van der Waals surface area contributed by atoms with Crippen molar-refractivity contribution in [3.63, 3.8) is 0 Å². The van der Waals surface area contributed by atoms with Gasteiger partial charge in [-0.15, -0.1) is 10.2 Å². The summed E-state index contributed by atoms with van der Waals surface area (Å²) in [6, 6.07) is 5.00. The lowest BCUT2D eigenvalue weighted by atomic mass is 10.2. The Morgan fingerprint density at radius 1 is 1.38 bits per heavy atom. The minimum Gasteiger partial charge on any atom is -0.487 e. The molecule has 8 nitrogen and oxygen atoms in total. The molecule has 0 saturated carbocycles. The van der Waals surface area contributed by atoms with E-state index >= 15 is 0 Å². The maximum Gasteiger partial charge on any atom is 0.311 e. The first-order valence-corrected chi connectivity index (χ1v) is 8.77. The van der Waals surface area contributed by atoms with Gasteiger partial charge in [-0.3, -0.25) is 10.1 Å². The molecule has 24 heavy (non-hydrogen) atoms. The molecule has 0 saturated heterocycles. The molecular weight excluding hydrogens is 330 g/mol. The number of nitrogen functional groups attached to an aromatic ring is 1. The van der Waals surface area contributed by atoms with Crippen molar-refractivity contribution in [1.82, 2.24) is 14.9 Å². The summed E-state index contributed by atoms with van der Waals surface area (Å²) in [6.45, 7) is 4.46. The van der Waals surface area contributed by atoms with Crippen LogP contribution in [-0.4, -0.2) is 26.4 Å². The zero-order valence-corrected chi connectivity index (χ0v) is 14.6. The number of hydrogen-bond donors (Lipinski definition) is 1. The molecule has 130 valence electrons. The largest absolute Gasteiger partial charge is 0.487 e. The van der Waals surface area contributed by atoms with Crippen molar-refractivity contribution in [3.05, 3.63) is 39.7 Å². The van der Waals surface area contributed by atoms with Gasteiger partial charge in [0, 0.05) is 18.2 Å². The van der Waals surface area contributed by atoms with Crippen LogP contribution in [0.25, 0.3) is 0 Å². The number of benzene rings is 1. The lowest BCUT2D eigenvalue weighted by molar-refractivity contribution is -0.385. The Labute approximate surface area is 144 Å². The standard InChI is InChI=1S/C15H21N5O3S/c1-3-5-8-23-13-7-6-11(9-12(13)20(21)22)10-24-15-18-17-14(4-2)19(15)16/h6-7,9H,3-5,8,10,16H2,1-2H3. The Morgan fingerprint density at radius 2 is 2.17 bits per heavy atom. The molecule has 0 radical (unpaired) electrons. The van der Waals surface area contributed by atoms with Gasteiger partial charge < -0.3 is 10.6 Å². The number of aryl methyl sites for hydroxylation is 1. The minimum absolute atomic E-state index is 0.0207. The number of thioether (sulfide) groups is 1. The van der Waals surface area contributed by atoms with Gasteiger partial charge in [-0.25, -0.2) is 4.68 Å². The molecule has 0 unspecified atom stereocenters. The van der Waals surface area contributed by atoms with E-state index in [1.807, 2.05) is 19.9 Å². The highest BCUT2D eigenvalue weighted by Crippen LogP contribution is 2.30. The van der Waals surface area contributed by atoms with E-state index < -0.39 is 4.92 Å². The fourth-order valence-corrected chi connectivity index (χ4v) is 2.86. The van der Waals surface area contributed by atoms with Crippen LogP contribution in [0.2, 0.25) is 0 Å². The molecule has 0 bridgehead atoms. The van der Waals surface area contributed by atoms with Crippen LogP contribution in [0, 0.1) is 10.1 Å². The summed E-state index contributed by atoms with van der Waals surface area (Å²) in [7, 11) is 0. The Kier molecular flexibility index (Phi) is 6.42. The zero-order chi connectivity index (χ0) is 17.5. The highest BCUT2D eigenvalue weighted by Gasteiger charge is 2.17. The Morgan fingerprint density at radius 3 is 2.79 bits per heavy atom. The molecule has 0 aliphatic heterocycles. The van der Waals surface area contributed by atoms with Crippen LogP contribution in [0.15, 0.2) is 23.4 Å². The van der Waals surface area contributed by atoms with E-state index in [1.54, 1.807) is 6.07 Å². The summed E-state index contributed by atoms with van der Waals surface area (Å²) < 4.78 is 6.94. The first kappa shape index (κ1) is 18.1. The molecule has 0 fully saturated rings. The van der Waals surface area contributed by atoms with Crippen LogP contribution in [0.1, 0.15) is 38.1 Å². The molecule has 2 N–H and O–H groups in total. The Hall–Kier alpha value is -2.29. The third kappa shape index (κ3) is 4.38. The van der Waals surface area contributed by atoms with Crippen molar-refractivity contribution in [3.8, 4) is 5.75 Å². The van der Waals surface area contributed by atoms with Crippen LogP contribution in [0.3, 0.4) is 0 Å². The van der Waals surface area contributed by atoms with E-state index in [9.17, 15) is 10.1 Å². The monoisotopic (exact) mass is 351 g/mol. The smallest absolute Gasteiger partial charge is 0.311 e. The molecule has 0 atom stereocenters. The highest BCUT2D eigenvalue weighted by atomic mass is 32.2. The molecule has 0 aliphatic rings.